The number of carbonyl (C=O) groups excluding carboxylic acids is 1. The Bertz CT molecular complexity index is 789. The van der Waals surface area contributed by atoms with Crippen LogP contribution in [0.25, 0.3) is 6.08 Å². The first-order valence-electron chi connectivity index (χ1n) is 7.46. The summed E-state index contributed by atoms with van der Waals surface area (Å²) in [4.78, 5) is 16.2. The van der Waals surface area contributed by atoms with Gasteiger partial charge in [0, 0.05) is 6.42 Å². The van der Waals surface area contributed by atoms with Crippen molar-refractivity contribution in [1.82, 2.24) is 0 Å². The molecule has 2 aromatic carbocycles. The molecule has 2 aromatic rings. The Morgan fingerprint density at radius 2 is 1.54 bits per heavy atom. The first kappa shape index (κ1) is 15.8. The van der Waals surface area contributed by atoms with Crippen molar-refractivity contribution in [2.24, 2.45) is 4.99 Å². The molecule has 5 heteroatoms. The summed E-state index contributed by atoms with van der Waals surface area (Å²) in [5, 5.41) is 0. The number of aliphatic imine (C=N–C) groups is 1. The van der Waals surface area contributed by atoms with Gasteiger partial charge in [0.05, 0.1) is 14.2 Å². The number of nitrogens with zero attached hydrogens (tertiary/aromatic N) is 1. The third-order valence-electron chi connectivity index (χ3n) is 3.60. The molecule has 0 fully saturated rings. The lowest BCUT2D eigenvalue weighted by Crippen LogP contribution is -2.06. The maximum atomic E-state index is 12.0. The summed E-state index contributed by atoms with van der Waals surface area (Å²) >= 11 is 0. The molecule has 1 aliphatic rings. The highest BCUT2D eigenvalue weighted by Gasteiger charge is 2.22. The van der Waals surface area contributed by atoms with Crippen LogP contribution in [0.15, 0.2) is 59.2 Å². The number of hydrogen-bond donors (Lipinski definition) is 0. The van der Waals surface area contributed by atoms with Crippen molar-refractivity contribution in [2.75, 3.05) is 14.2 Å². The second kappa shape index (κ2) is 7.00. The van der Waals surface area contributed by atoms with E-state index in [1.807, 2.05) is 48.5 Å². The van der Waals surface area contributed by atoms with E-state index in [2.05, 4.69) is 4.99 Å². The lowest BCUT2D eigenvalue weighted by atomic mass is 10.1. The minimum Gasteiger partial charge on any atom is -0.497 e. The number of esters is 1. The summed E-state index contributed by atoms with van der Waals surface area (Å²) in [6.45, 7) is 0. The highest BCUT2D eigenvalue weighted by Crippen LogP contribution is 2.20. The van der Waals surface area contributed by atoms with Gasteiger partial charge in [-0.15, -0.1) is 0 Å². The van der Waals surface area contributed by atoms with Gasteiger partial charge in [-0.25, -0.2) is 9.79 Å². The fourth-order valence-corrected chi connectivity index (χ4v) is 2.30. The van der Waals surface area contributed by atoms with Crippen LogP contribution in [0.2, 0.25) is 0 Å². The largest absolute Gasteiger partial charge is 0.497 e. The molecule has 0 radical (unpaired) electrons. The molecule has 1 aliphatic heterocycles. The van der Waals surface area contributed by atoms with Crippen molar-refractivity contribution in [3.05, 3.63) is 65.4 Å². The second-order valence-corrected chi connectivity index (χ2v) is 5.22. The topological polar surface area (TPSA) is 57.1 Å². The molecule has 0 saturated carbocycles. The van der Waals surface area contributed by atoms with Crippen molar-refractivity contribution in [3.63, 3.8) is 0 Å². The number of methoxy groups -OCH3 is 2. The Labute approximate surface area is 140 Å². The maximum absolute atomic E-state index is 12.0. The standard InChI is InChI=1S/C19H17NO4/c1-22-15-7-3-13(4-8-15)11-17-19(21)24-18(20-17)12-14-5-9-16(23-2)10-6-14/h3-11H,12H2,1-2H3/b17-11+. The summed E-state index contributed by atoms with van der Waals surface area (Å²) in [7, 11) is 3.23. The van der Waals surface area contributed by atoms with Crippen LogP contribution in [-0.2, 0) is 16.0 Å². The van der Waals surface area contributed by atoms with Gasteiger partial charge in [-0.2, -0.15) is 0 Å². The van der Waals surface area contributed by atoms with Crippen molar-refractivity contribution in [1.29, 1.82) is 0 Å². The molecule has 0 amide bonds. The molecule has 1 heterocycles. The number of cyclic esters (lactones) is 1. The zero-order valence-corrected chi connectivity index (χ0v) is 13.5. The van der Waals surface area contributed by atoms with Crippen LogP contribution < -0.4 is 9.47 Å². The molecule has 0 saturated heterocycles. The van der Waals surface area contributed by atoms with Crippen LogP contribution in [0.1, 0.15) is 11.1 Å². The molecule has 0 aliphatic carbocycles. The monoisotopic (exact) mass is 323 g/mol. The van der Waals surface area contributed by atoms with Crippen molar-refractivity contribution < 1.29 is 19.0 Å². The molecule has 0 unspecified atom stereocenters. The zero-order valence-electron chi connectivity index (χ0n) is 13.5. The predicted octanol–water partition coefficient (Wildman–Crippen LogP) is 3.24. The Kier molecular flexibility index (Phi) is 4.61. The first-order valence-corrected chi connectivity index (χ1v) is 7.46. The van der Waals surface area contributed by atoms with Crippen molar-refractivity contribution >= 4 is 17.9 Å². The molecule has 0 spiro atoms. The van der Waals surface area contributed by atoms with Gasteiger partial charge in [0.2, 0.25) is 5.90 Å². The van der Waals surface area contributed by atoms with E-state index in [0.29, 0.717) is 18.0 Å². The van der Waals surface area contributed by atoms with Gasteiger partial charge in [-0.05, 0) is 41.5 Å². The number of ether oxygens (including phenoxy) is 3. The zero-order chi connectivity index (χ0) is 16.9. The number of rotatable bonds is 5. The van der Waals surface area contributed by atoms with E-state index >= 15 is 0 Å². The molecular weight excluding hydrogens is 306 g/mol. The number of hydrogen-bond acceptors (Lipinski definition) is 5. The molecule has 5 nitrogen and oxygen atoms in total. The molecule has 122 valence electrons. The lowest BCUT2D eigenvalue weighted by Gasteiger charge is -2.02. The van der Waals surface area contributed by atoms with Crippen molar-refractivity contribution in [3.8, 4) is 11.5 Å². The summed E-state index contributed by atoms with van der Waals surface area (Å²) in [5.74, 6) is 1.50. The third-order valence-corrected chi connectivity index (χ3v) is 3.60. The van der Waals surface area contributed by atoms with Gasteiger partial charge in [0.15, 0.2) is 5.70 Å². The van der Waals surface area contributed by atoms with E-state index < -0.39 is 5.97 Å². The third kappa shape index (κ3) is 3.63. The fraction of sp³-hybridized carbons (Fsp3) is 0.158. The Morgan fingerprint density at radius 1 is 0.958 bits per heavy atom. The molecule has 0 N–H and O–H groups in total. The van der Waals surface area contributed by atoms with E-state index in [1.165, 1.54) is 0 Å². The second-order valence-electron chi connectivity index (χ2n) is 5.22. The van der Waals surface area contributed by atoms with Gasteiger partial charge in [-0.1, -0.05) is 24.3 Å². The summed E-state index contributed by atoms with van der Waals surface area (Å²) in [5.41, 5.74) is 2.15. The minimum absolute atomic E-state index is 0.295. The highest BCUT2D eigenvalue weighted by molar-refractivity contribution is 6.07. The summed E-state index contributed by atoms with van der Waals surface area (Å²) < 4.78 is 15.5. The number of carbonyl (C=O) groups is 1. The average molecular weight is 323 g/mol. The Morgan fingerprint density at radius 3 is 2.12 bits per heavy atom. The Balaban J connectivity index is 1.74. The minimum atomic E-state index is -0.436. The van der Waals surface area contributed by atoms with Crippen LogP contribution in [0, 0.1) is 0 Å². The van der Waals surface area contributed by atoms with Gasteiger partial charge in [0.1, 0.15) is 11.5 Å². The van der Waals surface area contributed by atoms with E-state index in [4.69, 9.17) is 14.2 Å². The lowest BCUT2D eigenvalue weighted by molar-refractivity contribution is -0.130. The van der Waals surface area contributed by atoms with Crippen LogP contribution >= 0.6 is 0 Å². The number of benzene rings is 2. The van der Waals surface area contributed by atoms with Gasteiger partial charge in [-0.3, -0.25) is 0 Å². The smallest absolute Gasteiger partial charge is 0.363 e. The summed E-state index contributed by atoms with van der Waals surface area (Å²) in [6.07, 6.45) is 2.15. The average Bonchev–Trinajstić information content (AvgIpc) is 2.95. The molecule has 0 bridgehead atoms. The first-order chi connectivity index (χ1) is 11.7. The van der Waals surface area contributed by atoms with Crippen LogP contribution in [0.4, 0.5) is 0 Å². The summed E-state index contributed by atoms with van der Waals surface area (Å²) in [6, 6.07) is 14.9. The molecular formula is C19H17NO4. The normalized spacial score (nSPS) is 15.2. The quantitative estimate of drug-likeness (QED) is 0.626. The molecule has 0 atom stereocenters. The predicted molar refractivity (Wildman–Crippen MR) is 91.2 cm³/mol. The molecule has 3 rings (SSSR count). The Hall–Kier alpha value is -3.08. The van der Waals surface area contributed by atoms with E-state index in [-0.39, 0.29) is 0 Å². The molecule has 0 aromatic heterocycles. The van der Waals surface area contributed by atoms with E-state index in [9.17, 15) is 4.79 Å². The van der Waals surface area contributed by atoms with Crippen LogP contribution in [0.3, 0.4) is 0 Å². The van der Waals surface area contributed by atoms with E-state index in [1.54, 1.807) is 20.3 Å². The molecule has 24 heavy (non-hydrogen) atoms. The highest BCUT2D eigenvalue weighted by atomic mass is 16.6. The SMILES string of the molecule is COc1ccc(/C=C2/N=C(Cc3ccc(OC)cc3)OC2=O)cc1. The maximum Gasteiger partial charge on any atom is 0.363 e. The fourth-order valence-electron chi connectivity index (χ4n) is 2.30. The van der Waals surface area contributed by atoms with Gasteiger partial charge in [0.25, 0.3) is 0 Å². The van der Waals surface area contributed by atoms with Crippen molar-refractivity contribution in [2.45, 2.75) is 6.42 Å². The van der Waals surface area contributed by atoms with Gasteiger partial charge < -0.3 is 14.2 Å². The van der Waals surface area contributed by atoms with Crippen LogP contribution in [-0.4, -0.2) is 26.1 Å². The van der Waals surface area contributed by atoms with Crippen LogP contribution in [0.5, 0.6) is 11.5 Å². The van der Waals surface area contributed by atoms with E-state index in [0.717, 1.165) is 22.6 Å². The van der Waals surface area contributed by atoms with Gasteiger partial charge >= 0.3 is 5.97 Å².